The molecule has 3 rings (SSSR count). The molecule has 28 heavy (non-hydrogen) atoms. The van der Waals surface area contributed by atoms with Crippen LogP contribution in [0.25, 0.3) is 5.69 Å². The quantitative estimate of drug-likeness (QED) is 0.656. The van der Waals surface area contributed by atoms with Crippen LogP contribution < -0.4 is 10.1 Å². The Morgan fingerprint density at radius 1 is 1.14 bits per heavy atom. The van der Waals surface area contributed by atoms with E-state index in [-0.39, 0.29) is 22.8 Å². The van der Waals surface area contributed by atoms with Gasteiger partial charge >= 0.3 is 12.8 Å². The second kappa shape index (κ2) is 7.62. The number of nitrogens with one attached hydrogen (secondary N) is 1. The zero-order valence-electron chi connectivity index (χ0n) is 13.8. The highest BCUT2D eigenvalue weighted by molar-refractivity contribution is 6.04. The van der Waals surface area contributed by atoms with E-state index in [2.05, 4.69) is 20.1 Å². The van der Waals surface area contributed by atoms with Crippen molar-refractivity contribution in [1.82, 2.24) is 14.8 Å². The van der Waals surface area contributed by atoms with Crippen LogP contribution in [0.3, 0.4) is 0 Å². The van der Waals surface area contributed by atoms with Crippen LogP contribution in [0, 0.1) is 0 Å². The Kier molecular flexibility index (Phi) is 5.25. The lowest BCUT2D eigenvalue weighted by molar-refractivity contribution is -0.141. The average Bonchev–Trinajstić information content (AvgIpc) is 3.14. The molecule has 0 aliphatic rings. The Morgan fingerprint density at radius 3 is 2.61 bits per heavy atom. The number of pyridine rings is 1. The summed E-state index contributed by atoms with van der Waals surface area (Å²) in [4.78, 5) is 16.2. The number of carbonyl (C=O) groups is 1. The molecule has 3 aromatic rings. The standard InChI is InChI=1S/C17H11F5N4O2/c18-16(19)28-12-5-2-7-23-14(12)24-15(27)10-3-1-4-11(9-10)26-8-6-13(25-26)17(20,21)22/h1-9,16H,(H,23,24,27). The highest BCUT2D eigenvalue weighted by Gasteiger charge is 2.33. The van der Waals surface area contributed by atoms with Crippen LogP contribution in [0.4, 0.5) is 27.8 Å². The third-order valence-electron chi connectivity index (χ3n) is 3.47. The van der Waals surface area contributed by atoms with Crippen LogP contribution in [-0.2, 0) is 6.18 Å². The molecule has 0 saturated carbocycles. The number of rotatable bonds is 5. The van der Waals surface area contributed by atoms with Crippen molar-refractivity contribution < 1.29 is 31.5 Å². The van der Waals surface area contributed by atoms with Gasteiger partial charge in [-0.1, -0.05) is 6.07 Å². The smallest absolute Gasteiger partial charge is 0.431 e. The number of hydrogen-bond acceptors (Lipinski definition) is 4. The number of aromatic nitrogens is 3. The number of carbonyl (C=O) groups excluding carboxylic acids is 1. The first-order chi connectivity index (χ1) is 13.2. The molecule has 1 aromatic carbocycles. The highest BCUT2D eigenvalue weighted by Crippen LogP contribution is 2.28. The van der Waals surface area contributed by atoms with E-state index < -0.39 is 24.4 Å². The van der Waals surface area contributed by atoms with Crippen molar-refractivity contribution >= 4 is 11.7 Å². The molecule has 0 aliphatic carbocycles. The summed E-state index contributed by atoms with van der Waals surface area (Å²) in [6, 6.07) is 8.93. The molecule has 2 heterocycles. The third-order valence-corrected chi connectivity index (χ3v) is 3.47. The van der Waals surface area contributed by atoms with Crippen molar-refractivity contribution in [2.75, 3.05) is 5.32 Å². The molecule has 0 saturated heterocycles. The molecular formula is C17H11F5N4O2. The maximum Gasteiger partial charge on any atom is 0.435 e. The van der Waals surface area contributed by atoms with Crippen molar-refractivity contribution in [1.29, 1.82) is 0 Å². The fourth-order valence-electron chi connectivity index (χ4n) is 2.26. The van der Waals surface area contributed by atoms with Crippen LogP contribution in [-0.4, -0.2) is 27.3 Å². The Bertz CT molecular complexity index is 987. The van der Waals surface area contributed by atoms with Gasteiger partial charge in [-0.2, -0.15) is 27.1 Å². The van der Waals surface area contributed by atoms with Crippen LogP contribution in [0.2, 0.25) is 0 Å². The summed E-state index contributed by atoms with van der Waals surface area (Å²) in [5.41, 5.74) is -0.826. The van der Waals surface area contributed by atoms with Crippen molar-refractivity contribution in [3.05, 3.63) is 66.1 Å². The molecule has 0 unspecified atom stereocenters. The molecule has 11 heteroatoms. The average molecular weight is 398 g/mol. The Morgan fingerprint density at radius 2 is 1.93 bits per heavy atom. The summed E-state index contributed by atoms with van der Waals surface area (Å²) < 4.78 is 68.2. The van der Waals surface area contributed by atoms with E-state index in [1.54, 1.807) is 0 Å². The summed E-state index contributed by atoms with van der Waals surface area (Å²) in [6.45, 7) is -3.11. The molecule has 0 bridgehead atoms. The lowest BCUT2D eigenvalue weighted by atomic mass is 10.2. The number of alkyl halides is 5. The van der Waals surface area contributed by atoms with E-state index in [4.69, 9.17) is 0 Å². The van der Waals surface area contributed by atoms with Crippen LogP contribution in [0.5, 0.6) is 5.75 Å². The minimum absolute atomic E-state index is 0.0511. The first-order valence-electron chi connectivity index (χ1n) is 7.68. The Balaban J connectivity index is 1.83. The van der Waals surface area contributed by atoms with Crippen molar-refractivity contribution in [3.63, 3.8) is 0 Å². The fraction of sp³-hybridized carbons (Fsp3) is 0.118. The van der Waals surface area contributed by atoms with Crippen molar-refractivity contribution in [2.24, 2.45) is 0 Å². The third kappa shape index (κ3) is 4.42. The van der Waals surface area contributed by atoms with E-state index in [0.29, 0.717) is 0 Å². The maximum absolute atomic E-state index is 12.7. The highest BCUT2D eigenvalue weighted by atomic mass is 19.4. The molecule has 0 atom stereocenters. The number of amides is 1. The molecular weight excluding hydrogens is 387 g/mol. The summed E-state index contributed by atoms with van der Waals surface area (Å²) in [6.07, 6.45) is -2.22. The van der Waals surface area contributed by atoms with Gasteiger partial charge in [0.1, 0.15) is 0 Å². The molecule has 146 valence electrons. The summed E-state index contributed by atoms with van der Waals surface area (Å²) in [5.74, 6) is -1.27. The van der Waals surface area contributed by atoms with E-state index in [1.807, 2.05) is 0 Å². The van der Waals surface area contributed by atoms with Gasteiger partial charge in [0.15, 0.2) is 17.3 Å². The Labute approximate surface area is 154 Å². The monoisotopic (exact) mass is 398 g/mol. The SMILES string of the molecule is O=C(Nc1ncccc1OC(F)F)c1cccc(-n2ccc(C(F)(F)F)n2)c1. The van der Waals surface area contributed by atoms with Crippen molar-refractivity contribution in [2.45, 2.75) is 12.8 Å². The molecule has 0 radical (unpaired) electrons. The van der Waals surface area contributed by atoms with Gasteiger partial charge in [-0.25, -0.2) is 9.67 Å². The predicted octanol–water partition coefficient (Wildman–Crippen LogP) is 4.14. The first kappa shape index (κ1) is 19.3. The predicted molar refractivity (Wildman–Crippen MR) is 87.4 cm³/mol. The lowest BCUT2D eigenvalue weighted by Gasteiger charge is -2.11. The van der Waals surface area contributed by atoms with Crippen LogP contribution >= 0.6 is 0 Å². The second-order valence-corrected chi connectivity index (χ2v) is 5.38. The van der Waals surface area contributed by atoms with Gasteiger partial charge in [0, 0.05) is 18.0 Å². The topological polar surface area (TPSA) is 69.0 Å². The fourth-order valence-corrected chi connectivity index (χ4v) is 2.26. The zero-order chi connectivity index (χ0) is 20.3. The van der Waals surface area contributed by atoms with E-state index in [0.717, 1.165) is 16.9 Å². The van der Waals surface area contributed by atoms with Gasteiger partial charge in [0.2, 0.25) is 0 Å². The second-order valence-electron chi connectivity index (χ2n) is 5.38. The van der Waals surface area contributed by atoms with Gasteiger partial charge < -0.3 is 10.1 Å². The summed E-state index contributed by atoms with van der Waals surface area (Å²) in [5, 5.41) is 5.75. The zero-order valence-corrected chi connectivity index (χ0v) is 13.8. The number of nitrogens with zero attached hydrogens (tertiary/aromatic N) is 3. The van der Waals surface area contributed by atoms with Gasteiger partial charge in [-0.15, -0.1) is 0 Å². The maximum atomic E-state index is 12.7. The van der Waals surface area contributed by atoms with E-state index in [1.165, 1.54) is 42.6 Å². The molecule has 0 fully saturated rings. The molecule has 0 aliphatic heterocycles. The summed E-state index contributed by atoms with van der Waals surface area (Å²) >= 11 is 0. The number of hydrogen-bond donors (Lipinski definition) is 1. The molecule has 1 N–H and O–H groups in total. The Hall–Kier alpha value is -3.50. The minimum Gasteiger partial charge on any atom is -0.431 e. The van der Waals surface area contributed by atoms with Gasteiger partial charge in [-0.3, -0.25) is 4.79 Å². The molecule has 0 spiro atoms. The number of halogens is 5. The van der Waals surface area contributed by atoms with E-state index in [9.17, 15) is 26.7 Å². The molecule has 6 nitrogen and oxygen atoms in total. The number of anilines is 1. The van der Waals surface area contributed by atoms with Gasteiger partial charge in [0.05, 0.1) is 5.69 Å². The van der Waals surface area contributed by atoms with Gasteiger partial charge in [-0.05, 0) is 36.4 Å². The first-order valence-corrected chi connectivity index (χ1v) is 7.68. The minimum atomic E-state index is -4.60. The largest absolute Gasteiger partial charge is 0.435 e. The summed E-state index contributed by atoms with van der Waals surface area (Å²) in [7, 11) is 0. The number of ether oxygens (including phenoxy) is 1. The van der Waals surface area contributed by atoms with Crippen LogP contribution in [0.1, 0.15) is 16.1 Å². The lowest BCUT2D eigenvalue weighted by Crippen LogP contribution is -2.15. The van der Waals surface area contributed by atoms with E-state index >= 15 is 0 Å². The van der Waals surface area contributed by atoms with Gasteiger partial charge in [0.25, 0.3) is 5.91 Å². The normalized spacial score (nSPS) is 11.5. The molecule has 2 aromatic heterocycles. The number of benzene rings is 1. The van der Waals surface area contributed by atoms with Crippen molar-refractivity contribution in [3.8, 4) is 11.4 Å². The van der Waals surface area contributed by atoms with Crippen LogP contribution in [0.15, 0.2) is 54.9 Å². The molecule has 1 amide bonds.